The van der Waals surface area contributed by atoms with E-state index in [0.29, 0.717) is 22.2 Å². The number of hydrogen-bond donors (Lipinski definition) is 1. The molecule has 2 aliphatic heterocycles. The largest absolute Gasteiger partial charge is 0.485 e. The highest BCUT2D eigenvalue weighted by Crippen LogP contribution is 2.35. The molecule has 130 valence electrons. The Morgan fingerprint density at radius 1 is 1.44 bits per heavy atom. The number of carbonyl (C=O) groups excluding carboxylic acids is 1. The zero-order valence-corrected chi connectivity index (χ0v) is 15.2. The lowest BCUT2D eigenvalue weighted by Gasteiger charge is -2.23. The Morgan fingerprint density at radius 3 is 2.96 bits per heavy atom. The van der Waals surface area contributed by atoms with E-state index in [9.17, 15) is 9.59 Å². The van der Waals surface area contributed by atoms with E-state index in [2.05, 4.69) is 0 Å². The van der Waals surface area contributed by atoms with Gasteiger partial charge in [0.2, 0.25) is 0 Å². The molecule has 0 bridgehead atoms. The number of thiocarbonyl (C=S) groups is 1. The third-order valence-corrected chi connectivity index (χ3v) is 5.34. The number of rotatable bonds is 5. The van der Waals surface area contributed by atoms with Gasteiger partial charge in [0.15, 0.2) is 0 Å². The minimum Gasteiger partial charge on any atom is -0.485 e. The molecule has 2 aliphatic rings. The van der Waals surface area contributed by atoms with Gasteiger partial charge in [0.05, 0.1) is 4.91 Å². The maximum atomic E-state index is 12.6. The van der Waals surface area contributed by atoms with Gasteiger partial charge >= 0.3 is 5.97 Å². The summed E-state index contributed by atoms with van der Waals surface area (Å²) in [6.45, 7) is 2.26. The number of ether oxygens (including phenoxy) is 1. The van der Waals surface area contributed by atoms with Crippen molar-refractivity contribution in [1.29, 1.82) is 0 Å². The Kier molecular flexibility index (Phi) is 5.24. The molecule has 0 saturated carbocycles. The van der Waals surface area contributed by atoms with Gasteiger partial charge in [0, 0.05) is 18.5 Å². The molecule has 1 fully saturated rings. The van der Waals surface area contributed by atoms with E-state index >= 15 is 0 Å². The van der Waals surface area contributed by atoms with Gasteiger partial charge in [-0.25, -0.2) is 0 Å². The molecule has 5 nitrogen and oxygen atoms in total. The minimum absolute atomic E-state index is 0.0168. The monoisotopic (exact) mass is 375 g/mol. The highest BCUT2D eigenvalue weighted by atomic mass is 32.2. The van der Waals surface area contributed by atoms with Crippen molar-refractivity contribution in [2.24, 2.45) is 0 Å². The molecule has 3 rings (SSSR count). The number of nitrogens with zero attached hydrogens (tertiary/aromatic N) is 1. The fourth-order valence-electron chi connectivity index (χ4n) is 2.65. The summed E-state index contributed by atoms with van der Waals surface area (Å²) in [6.07, 6.45) is 4.07. The molecule has 0 radical (unpaired) electrons. The predicted octanol–water partition coefficient (Wildman–Crippen LogP) is 3.46. The molecule has 0 unspecified atom stereocenters. The van der Waals surface area contributed by atoms with Gasteiger partial charge in [0.25, 0.3) is 5.91 Å². The molecule has 0 aliphatic carbocycles. The maximum Gasteiger partial charge on any atom is 0.303 e. The smallest absolute Gasteiger partial charge is 0.303 e. The summed E-state index contributed by atoms with van der Waals surface area (Å²) in [5.41, 5.74) is 1.88. The van der Waals surface area contributed by atoms with E-state index in [4.69, 9.17) is 22.1 Å². The topological polar surface area (TPSA) is 66.8 Å². The summed E-state index contributed by atoms with van der Waals surface area (Å²) in [6, 6.07) is 7.74. The fourth-order valence-corrected chi connectivity index (χ4v) is 3.96. The Balaban J connectivity index is 1.78. The van der Waals surface area contributed by atoms with Crippen LogP contribution in [0.2, 0.25) is 0 Å². The van der Waals surface area contributed by atoms with Crippen LogP contribution in [0, 0.1) is 0 Å². The average molecular weight is 375 g/mol. The maximum absolute atomic E-state index is 12.6. The lowest BCUT2D eigenvalue weighted by Crippen LogP contribution is -2.29. The van der Waals surface area contributed by atoms with Gasteiger partial charge in [-0.15, -0.1) is 0 Å². The Morgan fingerprint density at radius 2 is 2.20 bits per heavy atom. The number of aliphatic carboxylic acids is 1. The average Bonchev–Trinajstić information content (AvgIpc) is 2.82. The van der Waals surface area contributed by atoms with Crippen LogP contribution in [0.3, 0.4) is 0 Å². The first-order valence-corrected chi connectivity index (χ1v) is 9.12. The van der Waals surface area contributed by atoms with E-state index in [-0.39, 0.29) is 18.4 Å². The molecule has 1 N–H and O–H groups in total. The third-order valence-electron chi connectivity index (χ3n) is 3.96. The van der Waals surface area contributed by atoms with Crippen LogP contribution in [0.15, 0.2) is 40.8 Å². The van der Waals surface area contributed by atoms with Crippen LogP contribution in [-0.2, 0) is 9.59 Å². The fraction of sp³-hybridized carbons (Fsp3) is 0.278. The van der Waals surface area contributed by atoms with E-state index < -0.39 is 5.97 Å². The van der Waals surface area contributed by atoms with Crippen molar-refractivity contribution in [1.82, 2.24) is 4.90 Å². The zero-order chi connectivity index (χ0) is 18.0. The van der Waals surface area contributed by atoms with Crippen molar-refractivity contribution in [3.05, 3.63) is 46.4 Å². The number of fused-ring (bicyclic) bond motifs is 1. The van der Waals surface area contributed by atoms with Crippen LogP contribution < -0.4 is 4.74 Å². The summed E-state index contributed by atoms with van der Waals surface area (Å²) in [4.78, 5) is 25.2. The highest BCUT2D eigenvalue weighted by Gasteiger charge is 2.32. The summed E-state index contributed by atoms with van der Waals surface area (Å²) >= 11 is 6.51. The first-order valence-electron chi connectivity index (χ1n) is 7.90. The first-order chi connectivity index (χ1) is 12.0. The lowest BCUT2D eigenvalue weighted by molar-refractivity contribution is -0.137. The van der Waals surface area contributed by atoms with Gasteiger partial charge in [-0.1, -0.05) is 42.2 Å². The van der Waals surface area contributed by atoms with E-state index in [1.54, 1.807) is 0 Å². The Labute approximate surface area is 155 Å². The number of thioether (sulfide) groups is 1. The van der Waals surface area contributed by atoms with Gasteiger partial charge < -0.3 is 9.84 Å². The molecule has 1 atom stereocenters. The second-order valence-corrected chi connectivity index (χ2v) is 7.45. The van der Waals surface area contributed by atoms with E-state index in [1.165, 1.54) is 16.7 Å². The number of benzene rings is 1. The summed E-state index contributed by atoms with van der Waals surface area (Å²) in [7, 11) is 0. The van der Waals surface area contributed by atoms with Gasteiger partial charge in [0.1, 0.15) is 16.2 Å². The number of para-hydroxylation sites is 1. The first kappa shape index (κ1) is 17.7. The van der Waals surface area contributed by atoms with Crippen LogP contribution in [0.4, 0.5) is 0 Å². The molecular formula is C18H17NO4S2. The molecule has 1 aromatic carbocycles. The van der Waals surface area contributed by atoms with Crippen molar-refractivity contribution in [2.45, 2.75) is 25.9 Å². The summed E-state index contributed by atoms with van der Waals surface area (Å²) in [5, 5.41) is 8.72. The van der Waals surface area contributed by atoms with Crippen LogP contribution in [-0.4, -0.2) is 38.9 Å². The molecule has 2 heterocycles. The van der Waals surface area contributed by atoms with Crippen LogP contribution in [0.1, 0.15) is 25.3 Å². The third kappa shape index (κ3) is 3.93. The van der Waals surface area contributed by atoms with Gasteiger partial charge in [-0.2, -0.15) is 0 Å². The number of carboxylic acids is 1. The SMILES string of the molecule is C[C@@H]1Oc2ccccc2C=C1/C=C1\SC(=S)N(CCCC(=O)O)C1=O. The summed E-state index contributed by atoms with van der Waals surface area (Å²) in [5.74, 6) is -0.223. The second kappa shape index (κ2) is 7.41. The predicted molar refractivity (Wildman–Crippen MR) is 101 cm³/mol. The van der Waals surface area contributed by atoms with Crippen LogP contribution in [0.25, 0.3) is 6.08 Å². The van der Waals surface area contributed by atoms with Crippen molar-refractivity contribution < 1.29 is 19.4 Å². The Bertz CT molecular complexity index is 800. The molecule has 1 aromatic rings. The van der Waals surface area contributed by atoms with Crippen molar-refractivity contribution in [2.75, 3.05) is 6.54 Å². The van der Waals surface area contributed by atoms with Gasteiger partial charge in [-0.05, 0) is 37.1 Å². The number of amides is 1. The second-order valence-electron chi connectivity index (χ2n) is 5.77. The minimum atomic E-state index is -0.877. The molecular weight excluding hydrogens is 358 g/mol. The summed E-state index contributed by atoms with van der Waals surface area (Å²) < 4.78 is 6.35. The number of carboxylic acid groups (broad SMARTS) is 1. The van der Waals surface area contributed by atoms with E-state index in [1.807, 2.05) is 43.3 Å². The van der Waals surface area contributed by atoms with E-state index in [0.717, 1.165) is 16.9 Å². The zero-order valence-electron chi connectivity index (χ0n) is 13.6. The quantitative estimate of drug-likeness (QED) is 0.628. The number of carbonyl (C=O) groups is 2. The highest BCUT2D eigenvalue weighted by molar-refractivity contribution is 8.26. The van der Waals surface area contributed by atoms with Crippen molar-refractivity contribution in [3.8, 4) is 5.75 Å². The van der Waals surface area contributed by atoms with Crippen molar-refractivity contribution in [3.63, 3.8) is 0 Å². The molecule has 0 aromatic heterocycles. The van der Waals surface area contributed by atoms with Gasteiger partial charge in [-0.3, -0.25) is 14.5 Å². The molecule has 7 heteroatoms. The standard InChI is InChI=1S/C18H17NO4S2/c1-11-13(9-12-5-2-3-6-14(12)23-11)10-15-17(22)19(18(24)25-15)8-4-7-16(20)21/h2-3,5-6,9-11H,4,7-8H2,1H3,(H,20,21)/b15-10-/t11-/m0/s1. The normalized spacial score (nSPS) is 21.2. The Hall–Kier alpha value is -2.12. The molecule has 1 saturated heterocycles. The molecule has 1 amide bonds. The molecule has 25 heavy (non-hydrogen) atoms. The number of hydrogen-bond acceptors (Lipinski definition) is 5. The van der Waals surface area contributed by atoms with Crippen LogP contribution >= 0.6 is 24.0 Å². The van der Waals surface area contributed by atoms with Crippen molar-refractivity contribution >= 4 is 46.3 Å². The molecule has 0 spiro atoms. The lowest BCUT2D eigenvalue weighted by atomic mass is 10.0. The van der Waals surface area contributed by atoms with Crippen LogP contribution in [0.5, 0.6) is 5.75 Å².